The van der Waals surface area contributed by atoms with Crippen molar-refractivity contribution in [3.05, 3.63) is 58.6 Å². The lowest BCUT2D eigenvalue weighted by atomic mass is 10.1. The Morgan fingerprint density at radius 3 is 2.58 bits per heavy atom. The number of benzene rings is 2. The molecular formula is C14H12ClF2NO. The predicted molar refractivity (Wildman–Crippen MR) is 70.6 cm³/mol. The molecule has 2 rings (SSSR count). The van der Waals surface area contributed by atoms with Gasteiger partial charge in [-0.2, -0.15) is 4.39 Å². The van der Waals surface area contributed by atoms with Crippen LogP contribution in [-0.4, -0.2) is 6.54 Å². The lowest BCUT2D eigenvalue weighted by Crippen LogP contribution is -2.02. The number of nitrogens with two attached hydrogens (primary N) is 1. The van der Waals surface area contributed by atoms with Crippen molar-refractivity contribution in [3.8, 4) is 11.5 Å². The topological polar surface area (TPSA) is 35.2 Å². The number of hydrogen-bond acceptors (Lipinski definition) is 2. The molecule has 0 aliphatic rings. The van der Waals surface area contributed by atoms with E-state index < -0.39 is 11.6 Å². The molecule has 2 aromatic rings. The maximum atomic E-state index is 13.5. The highest BCUT2D eigenvalue weighted by atomic mass is 35.5. The van der Waals surface area contributed by atoms with E-state index in [4.69, 9.17) is 22.1 Å². The fraction of sp³-hybridized carbons (Fsp3) is 0.143. The molecule has 2 N–H and O–H groups in total. The van der Waals surface area contributed by atoms with Crippen molar-refractivity contribution in [3.63, 3.8) is 0 Å². The first-order valence-electron chi connectivity index (χ1n) is 5.72. The van der Waals surface area contributed by atoms with Crippen LogP contribution >= 0.6 is 11.6 Å². The molecule has 0 bridgehead atoms. The Balaban J connectivity index is 2.26. The summed E-state index contributed by atoms with van der Waals surface area (Å²) in [5, 5.41) is 0.328. The Hall–Kier alpha value is -1.65. The maximum absolute atomic E-state index is 13.5. The number of hydrogen-bond donors (Lipinski definition) is 1. The van der Waals surface area contributed by atoms with Gasteiger partial charge in [-0.25, -0.2) is 4.39 Å². The van der Waals surface area contributed by atoms with Crippen LogP contribution in [0.2, 0.25) is 5.02 Å². The van der Waals surface area contributed by atoms with E-state index in [2.05, 4.69) is 0 Å². The fourth-order valence-corrected chi connectivity index (χ4v) is 1.87. The SMILES string of the molecule is NCCc1ccc(Oc2cccc(F)c2F)c(Cl)c1. The standard InChI is InChI=1S/C14H12ClF2NO/c15-10-8-9(6-7-18)4-5-12(10)19-13-3-1-2-11(16)14(13)17/h1-5,8H,6-7,18H2. The predicted octanol–water partition coefficient (Wildman–Crippen LogP) is 3.91. The van der Waals surface area contributed by atoms with E-state index in [9.17, 15) is 8.78 Å². The molecule has 0 fully saturated rings. The Labute approximate surface area is 114 Å². The second-order valence-electron chi connectivity index (χ2n) is 3.96. The second-order valence-corrected chi connectivity index (χ2v) is 4.36. The van der Waals surface area contributed by atoms with E-state index in [0.29, 0.717) is 18.0 Å². The summed E-state index contributed by atoms with van der Waals surface area (Å²) in [4.78, 5) is 0. The van der Waals surface area contributed by atoms with Crippen molar-refractivity contribution in [2.24, 2.45) is 5.73 Å². The highest BCUT2D eigenvalue weighted by Gasteiger charge is 2.11. The Bertz CT molecular complexity index is 590. The van der Waals surface area contributed by atoms with Gasteiger partial charge in [0.1, 0.15) is 5.75 Å². The first-order valence-corrected chi connectivity index (χ1v) is 6.10. The molecule has 0 saturated carbocycles. The Kier molecular flexibility index (Phi) is 4.35. The third kappa shape index (κ3) is 3.22. The minimum atomic E-state index is -1.04. The zero-order chi connectivity index (χ0) is 13.8. The molecule has 19 heavy (non-hydrogen) atoms. The molecular weight excluding hydrogens is 272 g/mol. The minimum absolute atomic E-state index is 0.200. The van der Waals surface area contributed by atoms with Gasteiger partial charge in [-0.05, 0) is 42.8 Å². The van der Waals surface area contributed by atoms with Gasteiger partial charge < -0.3 is 10.5 Å². The highest BCUT2D eigenvalue weighted by molar-refractivity contribution is 6.32. The van der Waals surface area contributed by atoms with E-state index in [1.165, 1.54) is 12.1 Å². The van der Waals surface area contributed by atoms with Crippen molar-refractivity contribution in [1.82, 2.24) is 0 Å². The fourth-order valence-electron chi connectivity index (χ4n) is 1.63. The van der Waals surface area contributed by atoms with Crippen molar-refractivity contribution in [1.29, 1.82) is 0 Å². The van der Waals surface area contributed by atoms with Crippen LogP contribution in [-0.2, 0) is 6.42 Å². The van der Waals surface area contributed by atoms with Gasteiger partial charge >= 0.3 is 0 Å². The number of rotatable bonds is 4. The van der Waals surface area contributed by atoms with Crippen molar-refractivity contribution in [2.45, 2.75) is 6.42 Å². The van der Waals surface area contributed by atoms with E-state index in [1.54, 1.807) is 18.2 Å². The molecule has 0 unspecified atom stereocenters. The number of ether oxygens (including phenoxy) is 1. The van der Waals surface area contributed by atoms with Crippen LogP contribution in [0.5, 0.6) is 11.5 Å². The summed E-state index contributed by atoms with van der Waals surface area (Å²) in [6.07, 6.45) is 0.689. The molecule has 0 amide bonds. The zero-order valence-corrected chi connectivity index (χ0v) is 10.8. The molecule has 2 aromatic carbocycles. The molecule has 0 aliphatic heterocycles. The lowest BCUT2D eigenvalue weighted by Gasteiger charge is -2.10. The smallest absolute Gasteiger partial charge is 0.201 e. The summed E-state index contributed by atoms with van der Waals surface area (Å²) in [7, 11) is 0. The van der Waals surface area contributed by atoms with Crippen molar-refractivity contribution in [2.75, 3.05) is 6.54 Å². The third-order valence-electron chi connectivity index (χ3n) is 2.57. The summed E-state index contributed by atoms with van der Waals surface area (Å²) in [5.41, 5.74) is 6.40. The first kappa shape index (κ1) is 13.8. The van der Waals surface area contributed by atoms with Gasteiger partial charge in [0.05, 0.1) is 5.02 Å². The van der Waals surface area contributed by atoms with E-state index >= 15 is 0 Å². The summed E-state index contributed by atoms with van der Waals surface area (Å²) >= 11 is 6.03. The van der Waals surface area contributed by atoms with Gasteiger partial charge in [0.2, 0.25) is 5.82 Å². The van der Waals surface area contributed by atoms with Crippen LogP contribution in [0.15, 0.2) is 36.4 Å². The zero-order valence-electron chi connectivity index (χ0n) is 10.00. The highest BCUT2D eigenvalue weighted by Crippen LogP contribution is 2.32. The summed E-state index contributed by atoms with van der Waals surface area (Å²) in [6.45, 7) is 0.509. The largest absolute Gasteiger partial charge is 0.453 e. The molecule has 100 valence electrons. The monoisotopic (exact) mass is 283 g/mol. The van der Waals surface area contributed by atoms with Crippen LogP contribution in [0, 0.1) is 11.6 Å². The Morgan fingerprint density at radius 2 is 1.89 bits per heavy atom. The molecule has 5 heteroatoms. The lowest BCUT2D eigenvalue weighted by molar-refractivity contribution is 0.416. The molecule has 0 aromatic heterocycles. The molecule has 0 saturated heterocycles. The molecule has 0 heterocycles. The quantitative estimate of drug-likeness (QED) is 0.923. The minimum Gasteiger partial charge on any atom is -0.453 e. The summed E-state index contributed by atoms with van der Waals surface area (Å²) in [6, 6.07) is 8.81. The van der Waals surface area contributed by atoms with Crippen LogP contribution < -0.4 is 10.5 Å². The molecule has 0 aliphatic carbocycles. The van der Waals surface area contributed by atoms with Gasteiger partial charge in [-0.15, -0.1) is 0 Å². The normalized spacial score (nSPS) is 10.5. The van der Waals surface area contributed by atoms with Gasteiger partial charge in [0, 0.05) is 0 Å². The molecule has 0 radical (unpaired) electrons. The van der Waals surface area contributed by atoms with Gasteiger partial charge in [0.15, 0.2) is 11.6 Å². The summed E-state index contributed by atoms with van der Waals surface area (Å²) in [5.74, 6) is -1.93. The second kappa shape index (κ2) is 5.99. The van der Waals surface area contributed by atoms with Crippen molar-refractivity contribution < 1.29 is 13.5 Å². The van der Waals surface area contributed by atoms with E-state index in [-0.39, 0.29) is 11.5 Å². The number of halogens is 3. The van der Waals surface area contributed by atoms with Gasteiger partial charge in [-0.3, -0.25) is 0 Å². The molecule has 0 atom stereocenters. The van der Waals surface area contributed by atoms with E-state index in [1.807, 2.05) is 0 Å². The van der Waals surface area contributed by atoms with Crippen LogP contribution in [0.4, 0.5) is 8.78 Å². The van der Waals surface area contributed by atoms with Crippen LogP contribution in [0.1, 0.15) is 5.56 Å². The average Bonchev–Trinajstić information content (AvgIpc) is 2.38. The van der Waals surface area contributed by atoms with Crippen molar-refractivity contribution >= 4 is 11.6 Å². The first-order chi connectivity index (χ1) is 9.11. The van der Waals surface area contributed by atoms with Gasteiger partial charge in [-0.1, -0.05) is 23.7 Å². The third-order valence-corrected chi connectivity index (χ3v) is 2.86. The van der Waals surface area contributed by atoms with Gasteiger partial charge in [0.25, 0.3) is 0 Å². The summed E-state index contributed by atoms with van der Waals surface area (Å²) < 4.78 is 31.8. The average molecular weight is 284 g/mol. The molecule has 2 nitrogen and oxygen atoms in total. The maximum Gasteiger partial charge on any atom is 0.201 e. The van der Waals surface area contributed by atoms with E-state index in [0.717, 1.165) is 11.6 Å². The Morgan fingerprint density at radius 1 is 1.11 bits per heavy atom. The van der Waals surface area contributed by atoms with Crippen LogP contribution in [0.25, 0.3) is 0 Å². The van der Waals surface area contributed by atoms with Crippen LogP contribution in [0.3, 0.4) is 0 Å². The molecule has 0 spiro atoms.